The van der Waals surface area contributed by atoms with E-state index in [4.69, 9.17) is 5.11 Å². The highest BCUT2D eigenvalue weighted by Gasteiger charge is 1.94. The Balaban J connectivity index is 0. The summed E-state index contributed by atoms with van der Waals surface area (Å²) < 4.78 is 0. The molecule has 1 nitrogen and oxygen atoms in total. The van der Waals surface area contributed by atoms with Crippen molar-refractivity contribution in [2.24, 2.45) is 0 Å². The first kappa shape index (κ1) is 12.2. The molecule has 0 fully saturated rings. The number of aliphatic hydroxyl groups is 1. The average Bonchev–Trinajstić information content (AvgIpc) is 1.83. The average molecular weight is 148 g/mol. The molecule has 56 valence electrons. The maximum atomic E-state index is 8.59. The molecule has 9 heavy (non-hydrogen) atoms. The first-order chi connectivity index (χ1) is 3.81. The van der Waals surface area contributed by atoms with Crippen molar-refractivity contribution < 1.29 is 5.11 Å². The van der Waals surface area contributed by atoms with Crippen LogP contribution < -0.4 is 0 Å². The summed E-state index contributed by atoms with van der Waals surface area (Å²) in [6.07, 6.45) is 4.19. The Kier molecular flexibility index (Phi) is 11.4. The fraction of sp³-hybridized carbons (Fsp3) is 1.00. The Morgan fingerprint density at radius 2 is 2.00 bits per heavy atom. The molecule has 0 spiro atoms. The lowest BCUT2D eigenvalue weighted by Gasteiger charge is -2.04. The van der Waals surface area contributed by atoms with Gasteiger partial charge < -0.3 is 5.11 Å². The molecule has 0 aromatic carbocycles. The monoisotopic (exact) mass is 148 g/mol. The van der Waals surface area contributed by atoms with Crippen LogP contribution in [-0.4, -0.2) is 32.7 Å². The molecular formula is C6H18BOP. The lowest BCUT2D eigenvalue weighted by molar-refractivity contribution is 0.370. The lowest BCUT2D eigenvalue weighted by Crippen LogP contribution is -1.85. The van der Waals surface area contributed by atoms with Crippen LogP contribution in [0.1, 0.15) is 19.8 Å². The van der Waals surface area contributed by atoms with E-state index in [-0.39, 0.29) is 16.3 Å². The zero-order valence-electron chi connectivity index (χ0n) is 5.72. The van der Waals surface area contributed by atoms with Crippen LogP contribution in [0.3, 0.4) is 0 Å². The van der Waals surface area contributed by atoms with Gasteiger partial charge in [0, 0.05) is 0 Å². The maximum Gasteiger partial charge on any atom is 0.0814 e. The van der Waals surface area contributed by atoms with Gasteiger partial charge in [0.05, 0.1) is 14.8 Å². The third kappa shape index (κ3) is 8.45. The van der Waals surface area contributed by atoms with Crippen molar-refractivity contribution >= 4 is 16.3 Å². The summed E-state index contributed by atoms with van der Waals surface area (Å²) >= 11 is 0. The van der Waals surface area contributed by atoms with Crippen molar-refractivity contribution in [3.63, 3.8) is 0 Å². The number of aliphatic hydroxyl groups excluding tert-OH is 1. The van der Waals surface area contributed by atoms with Crippen LogP contribution >= 0.6 is 7.92 Å². The second-order valence-electron chi connectivity index (χ2n) is 2.07. The molecule has 1 unspecified atom stereocenters. The number of rotatable bonds is 4. The van der Waals surface area contributed by atoms with Gasteiger partial charge >= 0.3 is 0 Å². The topological polar surface area (TPSA) is 20.2 Å². The molecule has 0 bridgehead atoms. The van der Waals surface area contributed by atoms with Crippen molar-refractivity contribution in [3.05, 3.63) is 0 Å². The molecule has 0 aliphatic carbocycles. The van der Waals surface area contributed by atoms with E-state index in [0.29, 0.717) is 6.35 Å². The Morgan fingerprint density at radius 1 is 1.44 bits per heavy atom. The summed E-state index contributed by atoms with van der Waals surface area (Å²) in [7, 11) is -0.0287. The molecule has 1 atom stereocenters. The molecule has 0 aromatic rings. The molecule has 0 amide bonds. The van der Waals surface area contributed by atoms with Crippen LogP contribution in [0.15, 0.2) is 0 Å². The molecule has 0 aliphatic heterocycles. The zero-order chi connectivity index (χ0) is 6.41. The summed E-state index contributed by atoms with van der Waals surface area (Å²) in [5.41, 5.74) is 0. The predicted octanol–water partition coefficient (Wildman–Crippen LogP) is 0.664. The van der Waals surface area contributed by atoms with Gasteiger partial charge in [0.15, 0.2) is 0 Å². The SMILES string of the molecule is B.CCCCP(C)CO. The van der Waals surface area contributed by atoms with Crippen molar-refractivity contribution in [1.29, 1.82) is 0 Å². The fourth-order valence-corrected chi connectivity index (χ4v) is 1.50. The quantitative estimate of drug-likeness (QED) is 0.458. The van der Waals surface area contributed by atoms with Crippen LogP contribution in [0.25, 0.3) is 0 Å². The van der Waals surface area contributed by atoms with E-state index < -0.39 is 0 Å². The van der Waals surface area contributed by atoms with Gasteiger partial charge in [0.2, 0.25) is 0 Å². The summed E-state index contributed by atoms with van der Waals surface area (Å²) in [6.45, 7) is 4.32. The Labute approximate surface area is 61.2 Å². The first-order valence-corrected chi connectivity index (χ1v) is 5.26. The molecule has 0 heterocycles. The van der Waals surface area contributed by atoms with Crippen LogP contribution in [-0.2, 0) is 0 Å². The van der Waals surface area contributed by atoms with E-state index >= 15 is 0 Å². The van der Waals surface area contributed by atoms with Crippen LogP contribution in [0, 0.1) is 0 Å². The van der Waals surface area contributed by atoms with E-state index in [0.717, 1.165) is 0 Å². The van der Waals surface area contributed by atoms with Crippen molar-refractivity contribution in [3.8, 4) is 0 Å². The largest absolute Gasteiger partial charge is 0.392 e. The second-order valence-corrected chi connectivity index (χ2v) is 4.52. The van der Waals surface area contributed by atoms with Gasteiger partial charge in [-0.2, -0.15) is 0 Å². The van der Waals surface area contributed by atoms with E-state index in [1.54, 1.807) is 0 Å². The van der Waals surface area contributed by atoms with E-state index in [1.165, 1.54) is 19.0 Å². The van der Waals surface area contributed by atoms with Gasteiger partial charge in [0.1, 0.15) is 0 Å². The molecule has 3 heteroatoms. The molecule has 0 saturated heterocycles. The number of unbranched alkanes of at least 4 members (excludes halogenated alkanes) is 1. The summed E-state index contributed by atoms with van der Waals surface area (Å²) in [5.74, 6) is 0. The number of hydrogen-bond acceptors (Lipinski definition) is 1. The highest BCUT2D eigenvalue weighted by Crippen LogP contribution is 2.29. The molecule has 0 aromatic heterocycles. The number of hydrogen-bond donors (Lipinski definition) is 1. The normalized spacial score (nSPS) is 12.3. The highest BCUT2D eigenvalue weighted by atomic mass is 31.1. The minimum absolute atomic E-state index is 0. The van der Waals surface area contributed by atoms with Gasteiger partial charge in [-0.05, 0) is 19.2 Å². The first-order valence-electron chi connectivity index (χ1n) is 3.10. The second kappa shape index (κ2) is 8.45. The van der Waals surface area contributed by atoms with E-state index in [1.807, 2.05) is 0 Å². The minimum Gasteiger partial charge on any atom is -0.392 e. The summed E-state index contributed by atoms with van der Waals surface area (Å²) in [6, 6.07) is 0. The van der Waals surface area contributed by atoms with Crippen molar-refractivity contribution in [2.75, 3.05) is 19.2 Å². The third-order valence-electron chi connectivity index (χ3n) is 1.13. The highest BCUT2D eigenvalue weighted by molar-refractivity contribution is 7.56. The van der Waals surface area contributed by atoms with E-state index in [9.17, 15) is 0 Å². The molecular weight excluding hydrogens is 130 g/mol. The summed E-state index contributed by atoms with van der Waals surface area (Å²) in [4.78, 5) is 0. The molecule has 0 aliphatic rings. The summed E-state index contributed by atoms with van der Waals surface area (Å²) in [5, 5.41) is 8.59. The standard InChI is InChI=1S/C6H15OP.BH3/c1-3-4-5-8(2)6-7;/h7H,3-6H2,1-2H3;1H3. The van der Waals surface area contributed by atoms with Crippen molar-refractivity contribution in [2.45, 2.75) is 19.8 Å². The Hall–Kier alpha value is 0.455. The van der Waals surface area contributed by atoms with Gasteiger partial charge in [-0.1, -0.05) is 21.3 Å². The molecule has 0 radical (unpaired) electrons. The van der Waals surface area contributed by atoms with Crippen LogP contribution in [0.2, 0.25) is 0 Å². The fourth-order valence-electron chi connectivity index (χ4n) is 0.499. The molecule has 1 N–H and O–H groups in total. The van der Waals surface area contributed by atoms with Gasteiger partial charge in [-0.25, -0.2) is 0 Å². The third-order valence-corrected chi connectivity index (χ3v) is 2.70. The van der Waals surface area contributed by atoms with Crippen LogP contribution in [0.5, 0.6) is 0 Å². The van der Waals surface area contributed by atoms with Crippen LogP contribution in [0.4, 0.5) is 0 Å². The zero-order valence-corrected chi connectivity index (χ0v) is 6.62. The van der Waals surface area contributed by atoms with E-state index in [2.05, 4.69) is 13.6 Å². The van der Waals surface area contributed by atoms with Gasteiger partial charge in [-0.3, -0.25) is 0 Å². The Bertz CT molecular complexity index is 52.3. The predicted molar refractivity (Wildman–Crippen MR) is 49.6 cm³/mol. The maximum absolute atomic E-state index is 8.59. The molecule has 0 saturated carbocycles. The Morgan fingerprint density at radius 3 is 2.33 bits per heavy atom. The molecule has 0 rings (SSSR count). The minimum atomic E-state index is -0.0287. The van der Waals surface area contributed by atoms with Gasteiger partial charge in [0.25, 0.3) is 0 Å². The van der Waals surface area contributed by atoms with Gasteiger partial charge in [-0.15, -0.1) is 0 Å². The lowest BCUT2D eigenvalue weighted by atomic mass is 10.4. The van der Waals surface area contributed by atoms with Crippen molar-refractivity contribution in [1.82, 2.24) is 0 Å². The smallest absolute Gasteiger partial charge is 0.0814 e.